The molecule has 5 nitrogen and oxygen atoms in total. The van der Waals surface area contributed by atoms with Gasteiger partial charge < -0.3 is 5.11 Å². The average Bonchev–Trinajstić information content (AvgIpc) is 2.78. The van der Waals surface area contributed by atoms with Crippen molar-refractivity contribution in [2.24, 2.45) is 0 Å². The number of alkyl halides is 2. The molecular formula is C11H7Cl2F2N3O2. The van der Waals surface area contributed by atoms with Crippen molar-refractivity contribution in [2.75, 3.05) is 0 Å². The minimum absolute atomic E-state index is 0.153. The third kappa shape index (κ3) is 2.88. The first kappa shape index (κ1) is 14.7. The van der Waals surface area contributed by atoms with Crippen LogP contribution in [0.5, 0.6) is 0 Å². The number of hydrogen-bond acceptors (Lipinski definition) is 3. The van der Waals surface area contributed by atoms with Crippen LogP contribution in [0.2, 0.25) is 10.0 Å². The molecule has 1 aromatic carbocycles. The molecule has 0 radical (unpaired) electrons. The summed E-state index contributed by atoms with van der Waals surface area (Å²) in [6, 6.07) is 4.54. The maximum absolute atomic E-state index is 12.9. The van der Waals surface area contributed by atoms with Gasteiger partial charge in [-0.05, 0) is 23.8 Å². The van der Waals surface area contributed by atoms with E-state index in [1.54, 1.807) is 6.07 Å². The van der Waals surface area contributed by atoms with Gasteiger partial charge in [-0.25, -0.2) is 18.3 Å². The van der Waals surface area contributed by atoms with Crippen molar-refractivity contribution in [3.8, 4) is 0 Å². The van der Waals surface area contributed by atoms with Crippen LogP contribution in [-0.4, -0.2) is 26.1 Å². The molecule has 0 aliphatic heterocycles. The molecule has 9 heteroatoms. The van der Waals surface area contributed by atoms with Gasteiger partial charge >= 0.3 is 5.97 Å². The van der Waals surface area contributed by atoms with Crippen LogP contribution in [0.3, 0.4) is 0 Å². The molecule has 0 atom stereocenters. The molecule has 2 aromatic rings. The third-order valence-corrected chi connectivity index (χ3v) is 3.11. The Hall–Kier alpha value is -1.73. The zero-order valence-electron chi connectivity index (χ0n) is 9.73. The van der Waals surface area contributed by atoms with Crippen molar-refractivity contribution in [3.63, 3.8) is 0 Å². The van der Waals surface area contributed by atoms with E-state index < -0.39 is 23.8 Å². The number of carboxylic acids is 1. The Morgan fingerprint density at radius 2 is 2.10 bits per heavy atom. The fourth-order valence-electron chi connectivity index (χ4n) is 1.63. The lowest BCUT2D eigenvalue weighted by Crippen LogP contribution is -2.10. The number of rotatable bonds is 4. The standard InChI is InChI=1S/C11H7Cl2F2N3O2/c12-6-1-2-7(13)5(3-6)4-18-9(10(14)15)8(11(19)20)16-17-18/h1-3,10H,4H2,(H,19,20). The van der Waals surface area contributed by atoms with E-state index in [1.807, 2.05) is 0 Å². The lowest BCUT2D eigenvalue weighted by atomic mass is 10.2. The van der Waals surface area contributed by atoms with E-state index in [9.17, 15) is 13.6 Å². The highest BCUT2D eigenvalue weighted by atomic mass is 35.5. The van der Waals surface area contributed by atoms with Gasteiger partial charge in [0.2, 0.25) is 0 Å². The molecule has 0 fully saturated rings. The molecular weight excluding hydrogens is 315 g/mol. The first-order chi connectivity index (χ1) is 9.40. The van der Waals surface area contributed by atoms with Gasteiger partial charge in [-0.15, -0.1) is 5.10 Å². The molecule has 2 rings (SSSR count). The summed E-state index contributed by atoms with van der Waals surface area (Å²) in [5.74, 6) is -1.57. The molecule has 0 saturated heterocycles. The maximum Gasteiger partial charge on any atom is 0.358 e. The SMILES string of the molecule is O=C(O)c1nnn(Cc2cc(Cl)ccc2Cl)c1C(F)F. The molecule has 20 heavy (non-hydrogen) atoms. The summed E-state index contributed by atoms with van der Waals surface area (Å²) in [7, 11) is 0. The van der Waals surface area contributed by atoms with Crippen LogP contribution in [0.25, 0.3) is 0 Å². The van der Waals surface area contributed by atoms with Crippen molar-refractivity contribution in [3.05, 3.63) is 45.2 Å². The average molecular weight is 322 g/mol. The van der Waals surface area contributed by atoms with Crippen molar-refractivity contribution >= 4 is 29.2 Å². The number of nitrogens with zero attached hydrogens (tertiary/aromatic N) is 3. The zero-order chi connectivity index (χ0) is 14.9. The van der Waals surface area contributed by atoms with Crippen LogP contribution < -0.4 is 0 Å². The van der Waals surface area contributed by atoms with Crippen LogP contribution in [0.4, 0.5) is 8.78 Å². The second-order valence-corrected chi connectivity index (χ2v) is 4.67. The third-order valence-electron chi connectivity index (χ3n) is 2.51. The Bertz CT molecular complexity index is 661. The van der Waals surface area contributed by atoms with Gasteiger partial charge in [-0.2, -0.15) is 0 Å². The van der Waals surface area contributed by atoms with Crippen LogP contribution in [0, 0.1) is 0 Å². The molecule has 0 aliphatic carbocycles. The molecule has 1 N–H and O–H groups in total. The Labute approximate surface area is 121 Å². The maximum atomic E-state index is 12.9. The summed E-state index contributed by atoms with van der Waals surface area (Å²) in [6.07, 6.45) is -3.02. The Morgan fingerprint density at radius 3 is 2.70 bits per heavy atom. The number of aromatic nitrogens is 3. The highest BCUT2D eigenvalue weighted by Gasteiger charge is 2.26. The van der Waals surface area contributed by atoms with Gasteiger partial charge in [0.25, 0.3) is 6.43 Å². The van der Waals surface area contributed by atoms with E-state index in [0.717, 1.165) is 4.68 Å². The first-order valence-electron chi connectivity index (χ1n) is 5.29. The number of halogens is 4. The molecule has 1 heterocycles. The molecule has 0 amide bonds. The van der Waals surface area contributed by atoms with Gasteiger partial charge in [-0.1, -0.05) is 28.4 Å². The normalized spacial score (nSPS) is 11.1. The van der Waals surface area contributed by atoms with Crippen LogP contribution >= 0.6 is 23.2 Å². The number of benzene rings is 1. The lowest BCUT2D eigenvalue weighted by Gasteiger charge is -2.08. The molecule has 106 valence electrons. The topological polar surface area (TPSA) is 68.0 Å². The summed E-state index contributed by atoms with van der Waals surface area (Å²) >= 11 is 11.7. The van der Waals surface area contributed by atoms with Crippen LogP contribution in [0.1, 0.15) is 28.2 Å². The van der Waals surface area contributed by atoms with E-state index in [-0.39, 0.29) is 6.54 Å². The minimum atomic E-state index is -3.02. The van der Waals surface area contributed by atoms with Crippen LogP contribution in [0.15, 0.2) is 18.2 Å². The second-order valence-electron chi connectivity index (χ2n) is 3.82. The first-order valence-corrected chi connectivity index (χ1v) is 6.04. The molecule has 0 unspecified atom stereocenters. The minimum Gasteiger partial charge on any atom is -0.476 e. The Kier molecular flexibility index (Phi) is 4.20. The van der Waals surface area contributed by atoms with Gasteiger partial charge in [0, 0.05) is 10.0 Å². The molecule has 1 aromatic heterocycles. The van der Waals surface area contributed by atoms with Gasteiger partial charge in [0.05, 0.1) is 6.54 Å². The van der Waals surface area contributed by atoms with E-state index in [4.69, 9.17) is 28.3 Å². The monoisotopic (exact) mass is 321 g/mol. The van der Waals surface area contributed by atoms with E-state index in [0.29, 0.717) is 15.6 Å². The zero-order valence-corrected chi connectivity index (χ0v) is 11.2. The fraction of sp³-hybridized carbons (Fsp3) is 0.182. The predicted octanol–water partition coefficient (Wildman–Crippen LogP) is 3.27. The lowest BCUT2D eigenvalue weighted by molar-refractivity contribution is 0.0675. The number of aromatic carboxylic acids is 1. The summed E-state index contributed by atoms with van der Waals surface area (Å²) < 4.78 is 26.7. The van der Waals surface area contributed by atoms with Crippen molar-refractivity contribution in [1.82, 2.24) is 15.0 Å². The van der Waals surface area contributed by atoms with E-state index in [2.05, 4.69) is 10.3 Å². The van der Waals surface area contributed by atoms with Gasteiger partial charge in [0.15, 0.2) is 5.69 Å². The Balaban J connectivity index is 2.43. The van der Waals surface area contributed by atoms with E-state index in [1.165, 1.54) is 12.1 Å². The highest BCUT2D eigenvalue weighted by Crippen LogP contribution is 2.25. The highest BCUT2D eigenvalue weighted by molar-refractivity contribution is 6.33. The molecule has 0 saturated carbocycles. The summed E-state index contributed by atoms with van der Waals surface area (Å²) in [4.78, 5) is 10.8. The Morgan fingerprint density at radius 1 is 1.40 bits per heavy atom. The predicted molar refractivity (Wildman–Crippen MR) is 67.5 cm³/mol. The summed E-state index contributed by atoms with van der Waals surface area (Å²) in [6.45, 7) is -0.153. The van der Waals surface area contributed by atoms with Gasteiger partial charge in [0.1, 0.15) is 5.69 Å². The summed E-state index contributed by atoms with van der Waals surface area (Å²) in [5.41, 5.74) is -1.12. The van der Waals surface area contributed by atoms with Crippen molar-refractivity contribution in [2.45, 2.75) is 13.0 Å². The fourth-order valence-corrected chi connectivity index (χ4v) is 2.00. The quantitative estimate of drug-likeness (QED) is 0.938. The number of hydrogen-bond donors (Lipinski definition) is 1. The van der Waals surface area contributed by atoms with E-state index >= 15 is 0 Å². The smallest absolute Gasteiger partial charge is 0.358 e. The molecule has 0 aliphatic rings. The van der Waals surface area contributed by atoms with Crippen LogP contribution in [-0.2, 0) is 6.54 Å². The van der Waals surface area contributed by atoms with Crippen molar-refractivity contribution < 1.29 is 18.7 Å². The number of carbonyl (C=O) groups is 1. The molecule has 0 spiro atoms. The number of carboxylic acid groups (broad SMARTS) is 1. The molecule has 0 bridgehead atoms. The second kappa shape index (κ2) is 5.72. The summed E-state index contributed by atoms with van der Waals surface area (Å²) in [5, 5.41) is 16.2. The largest absolute Gasteiger partial charge is 0.476 e. The van der Waals surface area contributed by atoms with Crippen molar-refractivity contribution in [1.29, 1.82) is 0 Å². The van der Waals surface area contributed by atoms with Gasteiger partial charge in [-0.3, -0.25) is 0 Å².